The predicted octanol–water partition coefficient (Wildman–Crippen LogP) is 3.44. The molecule has 0 aliphatic carbocycles. The van der Waals surface area contributed by atoms with Crippen molar-refractivity contribution in [3.05, 3.63) is 95.2 Å². The van der Waals surface area contributed by atoms with Crippen LogP contribution in [-0.4, -0.2) is 37.2 Å². The van der Waals surface area contributed by atoms with Crippen LogP contribution in [0.2, 0.25) is 0 Å². The van der Waals surface area contributed by atoms with E-state index in [4.69, 9.17) is 4.74 Å². The number of hydrogen-bond donors (Lipinski definition) is 1. The second kappa shape index (κ2) is 9.34. The Balaban J connectivity index is 1.47. The van der Waals surface area contributed by atoms with E-state index in [0.717, 1.165) is 36.5 Å². The van der Waals surface area contributed by atoms with Crippen LogP contribution >= 0.6 is 0 Å². The predicted molar refractivity (Wildman–Crippen MR) is 114 cm³/mol. The molecular formula is C24H25N3O2. The third-order valence-corrected chi connectivity index (χ3v) is 5.12. The molecule has 0 radical (unpaired) electrons. The van der Waals surface area contributed by atoms with Crippen molar-refractivity contribution in [2.24, 2.45) is 0 Å². The molecule has 1 aliphatic rings. The Hall–Kier alpha value is -3.18. The quantitative estimate of drug-likeness (QED) is 0.704. The molecule has 0 bridgehead atoms. The number of nitrogens with one attached hydrogen (secondary N) is 1. The molecule has 1 amide bonds. The van der Waals surface area contributed by atoms with Gasteiger partial charge in [-0.15, -0.1) is 0 Å². The highest BCUT2D eigenvalue weighted by Crippen LogP contribution is 2.19. The maximum absolute atomic E-state index is 13.0. The molecule has 2 aromatic carbocycles. The summed E-state index contributed by atoms with van der Waals surface area (Å²) in [5.74, 6) is 0.863. The highest BCUT2D eigenvalue weighted by atomic mass is 16.5. The fourth-order valence-corrected chi connectivity index (χ4v) is 3.61. The Labute approximate surface area is 171 Å². The van der Waals surface area contributed by atoms with Gasteiger partial charge in [0.2, 0.25) is 0 Å². The largest absolute Gasteiger partial charge is 0.378 e. The maximum atomic E-state index is 13.0. The van der Waals surface area contributed by atoms with Crippen LogP contribution in [0, 0.1) is 0 Å². The summed E-state index contributed by atoms with van der Waals surface area (Å²) in [4.78, 5) is 19.7. The molecule has 5 heteroatoms. The molecule has 1 aromatic heterocycles. The smallest absolute Gasteiger partial charge is 0.251 e. The lowest BCUT2D eigenvalue weighted by Gasteiger charge is -2.29. The molecule has 5 nitrogen and oxygen atoms in total. The SMILES string of the molecule is O=C(NCc1cccnc1N1CCOCC1)c1ccccc1Cc1ccccc1. The number of ether oxygens (including phenoxy) is 1. The molecule has 2 heterocycles. The van der Waals surface area contributed by atoms with E-state index in [1.54, 1.807) is 6.20 Å². The first-order valence-electron chi connectivity index (χ1n) is 9.98. The number of pyridine rings is 1. The summed E-state index contributed by atoms with van der Waals surface area (Å²) in [6.45, 7) is 3.49. The van der Waals surface area contributed by atoms with E-state index < -0.39 is 0 Å². The fourth-order valence-electron chi connectivity index (χ4n) is 3.61. The zero-order valence-corrected chi connectivity index (χ0v) is 16.4. The number of anilines is 1. The van der Waals surface area contributed by atoms with Crippen molar-refractivity contribution in [3.8, 4) is 0 Å². The van der Waals surface area contributed by atoms with Crippen LogP contribution in [0.4, 0.5) is 5.82 Å². The minimum Gasteiger partial charge on any atom is -0.378 e. The third kappa shape index (κ3) is 4.81. The zero-order valence-electron chi connectivity index (χ0n) is 16.4. The van der Waals surface area contributed by atoms with Crippen molar-refractivity contribution < 1.29 is 9.53 Å². The van der Waals surface area contributed by atoms with Crippen LogP contribution in [0.5, 0.6) is 0 Å². The van der Waals surface area contributed by atoms with Gasteiger partial charge in [-0.05, 0) is 29.7 Å². The van der Waals surface area contributed by atoms with E-state index in [1.165, 1.54) is 5.56 Å². The molecule has 0 atom stereocenters. The minimum atomic E-state index is -0.0617. The Morgan fingerprint density at radius 3 is 2.48 bits per heavy atom. The Morgan fingerprint density at radius 1 is 0.931 bits per heavy atom. The molecule has 4 rings (SSSR count). The zero-order chi connectivity index (χ0) is 19.9. The van der Waals surface area contributed by atoms with Crippen molar-refractivity contribution in [1.82, 2.24) is 10.3 Å². The molecule has 148 valence electrons. The molecule has 1 aliphatic heterocycles. The first kappa shape index (κ1) is 19.2. The van der Waals surface area contributed by atoms with Crippen LogP contribution in [0.3, 0.4) is 0 Å². The lowest BCUT2D eigenvalue weighted by Crippen LogP contribution is -2.37. The second-order valence-electron chi connectivity index (χ2n) is 7.09. The van der Waals surface area contributed by atoms with Crippen molar-refractivity contribution in [2.75, 3.05) is 31.2 Å². The Kier molecular flexibility index (Phi) is 6.17. The number of morpholine rings is 1. The van der Waals surface area contributed by atoms with Crippen molar-refractivity contribution in [2.45, 2.75) is 13.0 Å². The standard InChI is InChI=1S/C24H25N3O2/c28-24(22-11-5-4-9-20(22)17-19-7-2-1-3-8-19)26-18-21-10-6-12-25-23(21)27-13-15-29-16-14-27/h1-12H,13-18H2,(H,26,28). The highest BCUT2D eigenvalue weighted by Gasteiger charge is 2.17. The molecule has 1 N–H and O–H groups in total. The Morgan fingerprint density at radius 2 is 1.66 bits per heavy atom. The van der Waals surface area contributed by atoms with E-state index >= 15 is 0 Å². The number of aromatic nitrogens is 1. The van der Waals surface area contributed by atoms with Crippen LogP contribution < -0.4 is 10.2 Å². The molecule has 29 heavy (non-hydrogen) atoms. The summed E-state index contributed by atoms with van der Waals surface area (Å²) in [6, 6.07) is 21.9. The summed E-state index contributed by atoms with van der Waals surface area (Å²) in [7, 11) is 0. The van der Waals surface area contributed by atoms with Gasteiger partial charge in [0.25, 0.3) is 5.91 Å². The number of benzene rings is 2. The van der Waals surface area contributed by atoms with Gasteiger partial charge in [-0.3, -0.25) is 4.79 Å². The number of carbonyl (C=O) groups excluding carboxylic acids is 1. The number of carbonyl (C=O) groups is 1. The van der Waals surface area contributed by atoms with Crippen molar-refractivity contribution >= 4 is 11.7 Å². The van der Waals surface area contributed by atoms with Gasteiger partial charge in [0.05, 0.1) is 13.2 Å². The summed E-state index contributed by atoms with van der Waals surface area (Å²) in [5.41, 5.74) is 3.95. The monoisotopic (exact) mass is 387 g/mol. The molecule has 0 saturated carbocycles. The van der Waals surface area contributed by atoms with E-state index in [1.807, 2.05) is 54.6 Å². The van der Waals surface area contributed by atoms with Crippen LogP contribution in [-0.2, 0) is 17.7 Å². The summed E-state index contributed by atoms with van der Waals surface area (Å²) >= 11 is 0. The van der Waals surface area contributed by atoms with Gasteiger partial charge in [0, 0.05) is 37.0 Å². The van der Waals surface area contributed by atoms with Gasteiger partial charge < -0.3 is 15.0 Å². The molecule has 1 saturated heterocycles. The van der Waals surface area contributed by atoms with E-state index in [9.17, 15) is 4.79 Å². The molecular weight excluding hydrogens is 362 g/mol. The van der Waals surface area contributed by atoms with Gasteiger partial charge in [-0.25, -0.2) is 4.98 Å². The molecule has 1 fully saturated rings. The third-order valence-electron chi connectivity index (χ3n) is 5.12. The van der Waals surface area contributed by atoms with Crippen molar-refractivity contribution in [1.29, 1.82) is 0 Å². The summed E-state index contributed by atoms with van der Waals surface area (Å²) < 4.78 is 5.44. The topological polar surface area (TPSA) is 54.5 Å². The lowest BCUT2D eigenvalue weighted by molar-refractivity contribution is 0.0950. The first-order valence-corrected chi connectivity index (χ1v) is 9.98. The van der Waals surface area contributed by atoms with Gasteiger partial charge in [0.1, 0.15) is 5.82 Å². The second-order valence-corrected chi connectivity index (χ2v) is 7.09. The normalized spacial score (nSPS) is 13.9. The molecule has 3 aromatic rings. The number of hydrogen-bond acceptors (Lipinski definition) is 4. The van der Waals surface area contributed by atoms with Gasteiger partial charge in [-0.2, -0.15) is 0 Å². The Bertz CT molecular complexity index is 953. The van der Waals surface area contributed by atoms with Crippen LogP contribution in [0.25, 0.3) is 0 Å². The summed E-state index contributed by atoms with van der Waals surface area (Å²) in [5, 5.41) is 3.08. The lowest BCUT2D eigenvalue weighted by atomic mass is 9.99. The van der Waals surface area contributed by atoms with E-state index in [2.05, 4.69) is 27.3 Å². The molecule has 0 spiro atoms. The van der Waals surface area contributed by atoms with Gasteiger partial charge >= 0.3 is 0 Å². The number of nitrogens with zero attached hydrogens (tertiary/aromatic N) is 2. The summed E-state index contributed by atoms with van der Waals surface area (Å²) in [6.07, 6.45) is 2.53. The van der Waals surface area contributed by atoms with E-state index in [0.29, 0.717) is 25.3 Å². The van der Waals surface area contributed by atoms with Crippen molar-refractivity contribution in [3.63, 3.8) is 0 Å². The first-order chi connectivity index (χ1) is 14.3. The fraction of sp³-hybridized carbons (Fsp3) is 0.250. The van der Waals surface area contributed by atoms with Crippen LogP contribution in [0.15, 0.2) is 72.9 Å². The molecule has 0 unspecified atom stereocenters. The van der Waals surface area contributed by atoms with Gasteiger partial charge in [0.15, 0.2) is 0 Å². The highest BCUT2D eigenvalue weighted by molar-refractivity contribution is 5.95. The number of rotatable bonds is 6. The van der Waals surface area contributed by atoms with E-state index in [-0.39, 0.29) is 5.91 Å². The minimum absolute atomic E-state index is 0.0617. The van der Waals surface area contributed by atoms with Crippen LogP contribution in [0.1, 0.15) is 27.0 Å². The average molecular weight is 387 g/mol. The number of amides is 1. The average Bonchev–Trinajstić information content (AvgIpc) is 2.79. The maximum Gasteiger partial charge on any atom is 0.251 e. The van der Waals surface area contributed by atoms with Gasteiger partial charge in [-0.1, -0.05) is 54.6 Å².